The Labute approximate surface area is 161 Å². The maximum Gasteiger partial charge on any atom is 0.244 e. The summed E-state index contributed by atoms with van der Waals surface area (Å²) in [6.45, 7) is 2.62. The fourth-order valence-corrected chi connectivity index (χ4v) is 4.65. The van der Waals surface area contributed by atoms with Crippen molar-refractivity contribution in [2.24, 2.45) is 5.92 Å². The van der Waals surface area contributed by atoms with Gasteiger partial charge in [0.25, 0.3) is 0 Å². The SMILES string of the molecule is Cc1cc(NC(=O)C2CCN(S(=O)(=O)c3cccnc3)CC2)ccc1Br. The first-order valence-corrected chi connectivity index (χ1v) is 10.6. The van der Waals surface area contributed by atoms with E-state index in [0.717, 1.165) is 15.7 Å². The zero-order chi connectivity index (χ0) is 18.7. The number of rotatable bonds is 4. The van der Waals surface area contributed by atoms with Gasteiger partial charge in [-0.1, -0.05) is 15.9 Å². The number of nitrogens with zero attached hydrogens (tertiary/aromatic N) is 2. The predicted molar refractivity (Wildman–Crippen MR) is 103 cm³/mol. The van der Waals surface area contributed by atoms with Gasteiger partial charge in [-0.2, -0.15) is 4.31 Å². The van der Waals surface area contributed by atoms with Gasteiger partial charge in [0.2, 0.25) is 15.9 Å². The van der Waals surface area contributed by atoms with Crippen LogP contribution in [0.3, 0.4) is 0 Å². The van der Waals surface area contributed by atoms with Gasteiger partial charge in [0.05, 0.1) is 0 Å². The molecule has 0 bridgehead atoms. The number of carbonyl (C=O) groups excluding carboxylic acids is 1. The number of sulfonamides is 1. The van der Waals surface area contributed by atoms with E-state index in [9.17, 15) is 13.2 Å². The molecule has 1 saturated heterocycles. The minimum Gasteiger partial charge on any atom is -0.326 e. The molecule has 1 amide bonds. The van der Waals surface area contributed by atoms with Crippen LogP contribution in [0.5, 0.6) is 0 Å². The molecule has 2 aromatic rings. The molecule has 0 unspecified atom stereocenters. The van der Waals surface area contributed by atoms with Gasteiger partial charge >= 0.3 is 0 Å². The highest BCUT2D eigenvalue weighted by Gasteiger charge is 2.32. The Hall–Kier alpha value is -1.77. The van der Waals surface area contributed by atoms with Gasteiger partial charge in [-0.25, -0.2) is 8.42 Å². The second kappa shape index (κ2) is 7.85. The molecule has 0 aliphatic carbocycles. The Morgan fingerprint density at radius 1 is 1.27 bits per heavy atom. The van der Waals surface area contributed by atoms with Crippen molar-refractivity contribution in [3.8, 4) is 0 Å². The van der Waals surface area contributed by atoms with Gasteiger partial charge in [0.15, 0.2) is 0 Å². The molecule has 0 radical (unpaired) electrons. The quantitative estimate of drug-likeness (QED) is 0.796. The minimum absolute atomic E-state index is 0.0647. The third-order valence-electron chi connectivity index (χ3n) is 4.52. The summed E-state index contributed by atoms with van der Waals surface area (Å²) >= 11 is 3.44. The van der Waals surface area contributed by atoms with E-state index in [0.29, 0.717) is 25.9 Å². The van der Waals surface area contributed by atoms with Crippen molar-refractivity contribution >= 4 is 37.5 Å². The van der Waals surface area contributed by atoms with Crippen molar-refractivity contribution in [2.75, 3.05) is 18.4 Å². The predicted octanol–water partition coefficient (Wildman–Crippen LogP) is 3.19. The van der Waals surface area contributed by atoms with Crippen molar-refractivity contribution in [3.05, 3.63) is 52.8 Å². The average molecular weight is 438 g/mol. The van der Waals surface area contributed by atoms with E-state index in [1.54, 1.807) is 12.3 Å². The summed E-state index contributed by atoms with van der Waals surface area (Å²) in [6, 6.07) is 8.79. The van der Waals surface area contributed by atoms with Crippen molar-refractivity contribution in [2.45, 2.75) is 24.7 Å². The van der Waals surface area contributed by atoms with Crippen LogP contribution in [-0.2, 0) is 14.8 Å². The van der Waals surface area contributed by atoms with E-state index >= 15 is 0 Å². The number of aryl methyl sites for hydroxylation is 1. The molecule has 1 aliphatic heterocycles. The molecule has 0 saturated carbocycles. The van der Waals surface area contributed by atoms with E-state index in [2.05, 4.69) is 26.2 Å². The Morgan fingerprint density at radius 2 is 2.00 bits per heavy atom. The molecule has 138 valence electrons. The van der Waals surface area contributed by atoms with Gasteiger partial charge in [0, 0.05) is 41.6 Å². The molecule has 8 heteroatoms. The van der Waals surface area contributed by atoms with Crippen LogP contribution in [-0.4, -0.2) is 36.7 Å². The molecule has 1 aliphatic rings. The topological polar surface area (TPSA) is 79.4 Å². The monoisotopic (exact) mass is 437 g/mol. The molecule has 0 atom stereocenters. The Kier molecular flexibility index (Phi) is 5.74. The largest absolute Gasteiger partial charge is 0.326 e. The fourth-order valence-electron chi connectivity index (χ4n) is 2.97. The lowest BCUT2D eigenvalue weighted by molar-refractivity contribution is -0.120. The molecule has 1 aromatic carbocycles. The van der Waals surface area contributed by atoms with Crippen LogP contribution < -0.4 is 5.32 Å². The number of hydrogen-bond donors (Lipinski definition) is 1. The van der Waals surface area contributed by atoms with Crippen molar-refractivity contribution < 1.29 is 13.2 Å². The third-order valence-corrected chi connectivity index (χ3v) is 7.29. The summed E-state index contributed by atoms with van der Waals surface area (Å²) in [5, 5.41) is 2.93. The first-order valence-electron chi connectivity index (χ1n) is 8.35. The van der Waals surface area contributed by atoms with Gasteiger partial charge in [-0.3, -0.25) is 9.78 Å². The number of amides is 1. The molecule has 1 N–H and O–H groups in total. The normalized spacial score (nSPS) is 16.4. The van der Waals surface area contributed by atoms with Gasteiger partial charge in [-0.05, 0) is 55.7 Å². The summed E-state index contributed by atoms with van der Waals surface area (Å²) in [4.78, 5) is 16.6. The van der Waals surface area contributed by atoms with E-state index in [4.69, 9.17) is 0 Å². The average Bonchev–Trinajstić information content (AvgIpc) is 2.65. The second-order valence-corrected chi connectivity index (χ2v) is 9.11. The van der Waals surface area contributed by atoms with Crippen LogP contribution in [0.25, 0.3) is 0 Å². The number of nitrogens with one attached hydrogen (secondary N) is 1. The number of piperidine rings is 1. The van der Waals surface area contributed by atoms with Gasteiger partial charge < -0.3 is 5.32 Å². The van der Waals surface area contributed by atoms with E-state index < -0.39 is 10.0 Å². The number of benzene rings is 1. The van der Waals surface area contributed by atoms with Gasteiger partial charge in [-0.15, -0.1) is 0 Å². The number of anilines is 1. The second-order valence-electron chi connectivity index (χ2n) is 6.32. The summed E-state index contributed by atoms with van der Waals surface area (Å²) in [6.07, 6.45) is 3.89. The van der Waals surface area contributed by atoms with Gasteiger partial charge in [0.1, 0.15) is 4.90 Å². The highest BCUT2D eigenvalue weighted by Crippen LogP contribution is 2.25. The van der Waals surface area contributed by atoms with Crippen LogP contribution in [0.2, 0.25) is 0 Å². The maximum absolute atomic E-state index is 12.6. The lowest BCUT2D eigenvalue weighted by atomic mass is 9.97. The Morgan fingerprint density at radius 3 is 2.62 bits per heavy atom. The van der Waals surface area contributed by atoms with Crippen LogP contribution >= 0.6 is 15.9 Å². The molecule has 6 nitrogen and oxygen atoms in total. The van der Waals surface area contributed by atoms with Crippen molar-refractivity contribution in [3.63, 3.8) is 0 Å². The molecule has 1 fully saturated rings. The number of hydrogen-bond acceptors (Lipinski definition) is 4. The summed E-state index contributed by atoms with van der Waals surface area (Å²) in [5.74, 6) is -0.260. The molecule has 3 rings (SSSR count). The highest BCUT2D eigenvalue weighted by molar-refractivity contribution is 9.10. The van der Waals surface area contributed by atoms with Crippen LogP contribution in [0.1, 0.15) is 18.4 Å². The van der Waals surface area contributed by atoms with Crippen LogP contribution in [0.15, 0.2) is 52.1 Å². The zero-order valence-electron chi connectivity index (χ0n) is 14.4. The number of halogens is 1. The lowest BCUT2D eigenvalue weighted by Crippen LogP contribution is -2.41. The fraction of sp³-hybridized carbons (Fsp3) is 0.333. The first-order chi connectivity index (χ1) is 12.4. The summed E-state index contributed by atoms with van der Waals surface area (Å²) in [7, 11) is -3.55. The zero-order valence-corrected chi connectivity index (χ0v) is 16.8. The molecule has 2 heterocycles. The van der Waals surface area contributed by atoms with E-state index in [1.165, 1.54) is 16.6 Å². The van der Waals surface area contributed by atoms with E-state index in [1.807, 2.05) is 25.1 Å². The van der Waals surface area contributed by atoms with Crippen molar-refractivity contribution in [1.29, 1.82) is 0 Å². The number of pyridine rings is 1. The summed E-state index contributed by atoms with van der Waals surface area (Å²) < 4.78 is 27.6. The minimum atomic E-state index is -3.55. The highest BCUT2D eigenvalue weighted by atomic mass is 79.9. The van der Waals surface area contributed by atoms with Crippen LogP contribution in [0.4, 0.5) is 5.69 Å². The third kappa shape index (κ3) is 4.13. The molecule has 26 heavy (non-hydrogen) atoms. The first kappa shape index (κ1) is 19.0. The standard InChI is InChI=1S/C18H20BrN3O3S/c1-13-11-15(4-5-17(13)19)21-18(23)14-6-9-22(10-7-14)26(24,25)16-3-2-8-20-12-16/h2-5,8,11-12,14H,6-7,9-10H2,1H3,(H,21,23). The lowest BCUT2D eigenvalue weighted by Gasteiger charge is -2.30. The Balaban J connectivity index is 1.61. The Bertz CT molecular complexity index is 895. The number of aromatic nitrogens is 1. The van der Waals surface area contributed by atoms with E-state index in [-0.39, 0.29) is 16.7 Å². The molecule has 0 spiro atoms. The smallest absolute Gasteiger partial charge is 0.244 e. The van der Waals surface area contributed by atoms with Crippen LogP contribution in [0, 0.1) is 12.8 Å². The molecular formula is C18H20BrN3O3S. The molecule has 1 aromatic heterocycles. The summed E-state index contributed by atoms with van der Waals surface area (Å²) in [5.41, 5.74) is 1.79. The van der Waals surface area contributed by atoms with Crippen molar-refractivity contribution in [1.82, 2.24) is 9.29 Å². The number of carbonyl (C=O) groups is 1. The molecular weight excluding hydrogens is 418 g/mol. The maximum atomic E-state index is 12.6.